The first kappa shape index (κ1) is 21.4. The van der Waals surface area contributed by atoms with Crippen molar-refractivity contribution in [1.29, 1.82) is 0 Å². The fourth-order valence-electron chi connectivity index (χ4n) is 2.71. The third kappa shape index (κ3) is 5.84. The van der Waals surface area contributed by atoms with Gasteiger partial charge in [0, 0.05) is 30.4 Å². The number of nitrogens with one attached hydrogen (secondary N) is 1. The Hall–Kier alpha value is -3.31. The number of halogens is 1. The summed E-state index contributed by atoms with van der Waals surface area (Å²) in [5.41, 5.74) is 7.02. The van der Waals surface area contributed by atoms with Crippen molar-refractivity contribution in [2.24, 2.45) is 5.10 Å². The molecule has 6 heteroatoms. The highest BCUT2D eigenvalue weighted by Gasteiger charge is 2.05. The number of rotatable bonds is 7. The van der Waals surface area contributed by atoms with E-state index in [2.05, 4.69) is 10.5 Å². The average molecular weight is 422 g/mol. The predicted octanol–water partition coefficient (Wildman–Crippen LogP) is 5.06. The van der Waals surface area contributed by atoms with E-state index < -0.39 is 0 Å². The first-order chi connectivity index (χ1) is 14.4. The Morgan fingerprint density at radius 2 is 1.77 bits per heavy atom. The van der Waals surface area contributed by atoms with Crippen LogP contribution in [-0.2, 0) is 6.61 Å². The van der Waals surface area contributed by atoms with Gasteiger partial charge in [0.05, 0.1) is 6.21 Å². The topological polar surface area (TPSA) is 53.9 Å². The smallest absolute Gasteiger partial charge is 0.271 e. The zero-order valence-corrected chi connectivity index (χ0v) is 18.0. The maximum atomic E-state index is 12.3. The highest BCUT2D eigenvalue weighted by molar-refractivity contribution is 6.31. The minimum atomic E-state index is -0.267. The molecule has 3 rings (SSSR count). The zero-order chi connectivity index (χ0) is 21.5. The van der Waals surface area contributed by atoms with Crippen LogP contribution in [0.15, 0.2) is 71.8 Å². The van der Waals surface area contributed by atoms with Crippen molar-refractivity contribution in [2.75, 3.05) is 19.0 Å². The summed E-state index contributed by atoms with van der Waals surface area (Å²) >= 11 is 6.03. The largest absolute Gasteiger partial charge is 0.489 e. The molecule has 0 radical (unpaired) electrons. The lowest BCUT2D eigenvalue weighted by Gasteiger charge is -2.11. The first-order valence-corrected chi connectivity index (χ1v) is 9.89. The van der Waals surface area contributed by atoms with Crippen molar-refractivity contribution in [3.8, 4) is 5.75 Å². The Morgan fingerprint density at radius 1 is 1.07 bits per heavy atom. The summed E-state index contributed by atoms with van der Waals surface area (Å²) in [7, 11) is 3.97. The molecule has 0 saturated heterocycles. The third-order valence-corrected chi connectivity index (χ3v) is 4.96. The monoisotopic (exact) mass is 421 g/mol. The lowest BCUT2D eigenvalue weighted by molar-refractivity contribution is 0.0955. The molecule has 0 bridgehead atoms. The Balaban J connectivity index is 1.52. The van der Waals surface area contributed by atoms with Crippen LogP contribution in [0.25, 0.3) is 0 Å². The van der Waals surface area contributed by atoms with Crippen LogP contribution in [0, 0.1) is 6.92 Å². The summed E-state index contributed by atoms with van der Waals surface area (Å²) in [6, 6.07) is 20.7. The van der Waals surface area contributed by atoms with Gasteiger partial charge in [0.15, 0.2) is 0 Å². The lowest BCUT2D eigenvalue weighted by Crippen LogP contribution is -2.17. The standard InChI is InChI=1S/C24H24ClN3O2/c1-17-14-22(12-13-23(17)25)30-16-19-4-8-20(9-5-19)24(29)27-26-15-18-6-10-21(11-7-18)28(2)3/h4-15H,16H2,1-3H3,(H,27,29)/b26-15-. The Bertz CT molecular complexity index is 1030. The number of amides is 1. The van der Waals surface area contributed by atoms with Crippen molar-refractivity contribution in [1.82, 2.24) is 5.43 Å². The summed E-state index contributed by atoms with van der Waals surface area (Å²) in [6.45, 7) is 2.34. The van der Waals surface area contributed by atoms with E-state index in [4.69, 9.17) is 16.3 Å². The molecule has 1 N–H and O–H groups in total. The highest BCUT2D eigenvalue weighted by Crippen LogP contribution is 2.22. The predicted molar refractivity (Wildman–Crippen MR) is 123 cm³/mol. The molecule has 0 aliphatic heterocycles. The fourth-order valence-corrected chi connectivity index (χ4v) is 2.83. The Labute approximate surface area is 181 Å². The van der Waals surface area contributed by atoms with Gasteiger partial charge in [-0.05, 0) is 66.1 Å². The molecule has 0 spiro atoms. The maximum absolute atomic E-state index is 12.3. The van der Waals surface area contributed by atoms with Gasteiger partial charge >= 0.3 is 0 Å². The van der Waals surface area contributed by atoms with Gasteiger partial charge in [-0.25, -0.2) is 5.43 Å². The highest BCUT2D eigenvalue weighted by atomic mass is 35.5. The molecule has 3 aromatic rings. The molecule has 0 aliphatic rings. The Morgan fingerprint density at radius 3 is 2.40 bits per heavy atom. The van der Waals surface area contributed by atoms with Crippen molar-refractivity contribution in [2.45, 2.75) is 13.5 Å². The van der Waals surface area contributed by atoms with E-state index in [1.54, 1.807) is 18.3 Å². The van der Waals surface area contributed by atoms with Crippen molar-refractivity contribution in [3.63, 3.8) is 0 Å². The number of ether oxygens (including phenoxy) is 1. The van der Waals surface area contributed by atoms with Gasteiger partial charge in [-0.2, -0.15) is 5.10 Å². The lowest BCUT2D eigenvalue weighted by atomic mass is 10.1. The van der Waals surface area contributed by atoms with Gasteiger partial charge in [0.25, 0.3) is 5.91 Å². The van der Waals surface area contributed by atoms with Crippen LogP contribution < -0.4 is 15.1 Å². The number of hydrazone groups is 1. The number of hydrogen-bond donors (Lipinski definition) is 1. The number of benzene rings is 3. The number of aryl methyl sites for hydroxylation is 1. The second-order valence-corrected chi connectivity index (χ2v) is 7.49. The minimum absolute atomic E-state index is 0.267. The van der Waals surface area contributed by atoms with Crippen LogP contribution in [0.5, 0.6) is 5.75 Å². The van der Waals surface area contributed by atoms with Gasteiger partial charge in [0.1, 0.15) is 12.4 Å². The molecule has 0 aliphatic carbocycles. The van der Waals surface area contributed by atoms with Gasteiger partial charge in [-0.15, -0.1) is 0 Å². The van der Waals surface area contributed by atoms with Crippen LogP contribution in [-0.4, -0.2) is 26.2 Å². The van der Waals surface area contributed by atoms with Gasteiger partial charge < -0.3 is 9.64 Å². The van der Waals surface area contributed by atoms with E-state index in [9.17, 15) is 4.79 Å². The van der Waals surface area contributed by atoms with Gasteiger partial charge in [-0.1, -0.05) is 35.9 Å². The maximum Gasteiger partial charge on any atom is 0.271 e. The first-order valence-electron chi connectivity index (χ1n) is 9.51. The Kier molecular flexibility index (Phi) is 7.09. The molecule has 0 atom stereocenters. The van der Waals surface area contributed by atoms with Crippen molar-refractivity contribution >= 4 is 29.4 Å². The fraction of sp³-hybridized carbons (Fsp3) is 0.167. The van der Waals surface area contributed by atoms with Gasteiger partial charge in [-0.3, -0.25) is 4.79 Å². The summed E-state index contributed by atoms with van der Waals surface area (Å²) in [4.78, 5) is 14.3. The zero-order valence-electron chi connectivity index (χ0n) is 17.2. The minimum Gasteiger partial charge on any atom is -0.489 e. The summed E-state index contributed by atoms with van der Waals surface area (Å²) in [5, 5.41) is 4.75. The average Bonchev–Trinajstić information content (AvgIpc) is 2.75. The molecule has 0 saturated carbocycles. The SMILES string of the molecule is Cc1cc(OCc2ccc(C(=O)N/N=C\c3ccc(N(C)C)cc3)cc2)ccc1Cl. The van der Waals surface area contributed by atoms with Crippen molar-refractivity contribution < 1.29 is 9.53 Å². The van der Waals surface area contributed by atoms with E-state index in [0.717, 1.165) is 28.1 Å². The number of hydrogen-bond acceptors (Lipinski definition) is 4. The second kappa shape index (κ2) is 9.94. The van der Waals surface area contributed by atoms with Crippen LogP contribution in [0.1, 0.15) is 27.0 Å². The summed E-state index contributed by atoms with van der Waals surface area (Å²) in [5.74, 6) is 0.489. The molecule has 3 aromatic carbocycles. The second-order valence-electron chi connectivity index (χ2n) is 7.08. The molecule has 1 amide bonds. The number of carbonyl (C=O) groups is 1. The third-order valence-electron chi connectivity index (χ3n) is 4.54. The molecule has 0 aromatic heterocycles. The van der Waals surface area contributed by atoms with Crippen LogP contribution in [0.4, 0.5) is 5.69 Å². The van der Waals surface area contributed by atoms with Crippen molar-refractivity contribution in [3.05, 3.63) is 94.0 Å². The number of anilines is 1. The van der Waals surface area contributed by atoms with E-state index in [-0.39, 0.29) is 5.91 Å². The van der Waals surface area contributed by atoms with Gasteiger partial charge in [0.2, 0.25) is 0 Å². The van der Waals surface area contributed by atoms with E-state index in [1.165, 1.54) is 0 Å². The van der Waals surface area contributed by atoms with E-state index in [1.807, 2.05) is 80.5 Å². The van der Waals surface area contributed by atoms with Crippen LogP contribution in [0.3, 0.4) is 0 Å². The van der Waals surface area contributed by atoms with Crippen LogP contribution >= 0.6 is 11.6 Å². The molecule has 154 valence electrons. The molecule has 5 nitrogen and oxygen atoms in total. The van der Waals surface area contributed by atoms with E-state index in [0.29, 0.717) is 17.2 Å². The molecular formula is C24H24ClN3O2. The quantitative estimate of drug-likeness (QED) is 0.428. The molecular weight excluding hydrogens is 398 g/mol. The number of carbonyl (C=O) groups excluding carboxylic acids is 1. The molecule has 30 heavy (non-hydrogen) atoms. The molecule has 0 unspecified atom stereocenters. The molecule has 0 heterocycles. The number of nitrogens with zero attached hydrogens (tertiary/aromatic N) is 2. The summed E-state index contributed by atoms with van der Waals surface area (Å²) < 4.78 is 5.78. The van der Waals surface area contributed by atoms with Crippen LogP contribution in [0.2, 0.25) is 5.02 Å². The normalized spacial score (nSPS) is 10.8. The van der Waals surface area contributed by atoms with E-state index >= 15 is 0 Å². The molecule has 0 fully saturated rings. The summed E-state index contributed by atoms with van der Waals surface area (Å²) in [6.07, 6.45) is 1.62.